The van der Waals surface area contributed by atoms with Crippen molar-refractivity contribution < 1.29 is 4.42 Å². The number of anilines is 2. The highest BCUT2D eigenvalue weighted by atomic mass is 35.5. The normalized spacial score (nSPS) is 9.48. The molecule has 3 rings (SSSR count). The molecule has 104 valence electrons. The highest BCUT2D eigenvalue weighted by Crippen LogP contribution is 2.25. The summed E-state index contributed by atoms with van der Waals surface area (Å²) in [7, 11) is 0. The average molecular weight is 298 g/mol. The molecule has 0 amide bonds. The number of oxazole rings is 1. The third-order valence-electron chi connectivity index (χ3n) is 2.85. The molecule has 1 aromatic heterocycles. The lowest BCUT2D eigenvalue weighted by molar-refractivity contribution is 0.592. The first kappa shape index (κ1) is 14.6. The van der Waals surface area contributed by atoms with Crippen molar-refractivity contribution in [3.05, 3.63) is 66.4 Å². The zero-order valence-electron chi connectivity index (χ0n) is 11.0. The van der Waals surface area contributed by atoms with Crippen molar-refractivity contribution in [2.75, 3.05) is 5.32 Å². The third kappa shape index (κ3) is 3.22. The Morgan fingerprint density at radius 1 is 1.00 bits per heavy atom. The summed E-state index contributed by atoms with van der Waals surface area (Å²) in [6.07, 6.45) is 1.66. The highest BCUT2D eigenvalue weighted by Gasteiger charge is 2.08. The van der Waals surface area contributed by atoms with E-state index in [2.05, 4.69) is 16.4 Å². The molecule has 0 aliphatic rings. The summed E-state index contributed by atoms with van der Waals surface area (Å²) in [6, 6.07) is 19.4. The van der Waals surface area contributed by atoms with Gasteiger partial charge < -0.3 is 9.73 Å². The molecule has 3 aromatic rings. The minimum atomic E-state index is 0. The quantitative estimate of drug-likeness (QED) is 0.779. The lowest BCUT2D eigenvalue weighted by Gasteiger charge is -2.03. The molecular weight excluding hydrogens is 286 g/mol. The number of rotatable bonds is 3. The molecule has 0 atom stereocenters. The van der Waals surface area contributed by atoms with Crippen LogP contribution in [-0.4, -0.2) is 4.98 Å². The number of halogens is 1. The largest absolute Gasteiger partial charge is 0.423 e. The van der Waals surface area contributed by atoms with Crippen LogP contribution in [0, 0.1) is 11.3 Å². The van der Waals surface area contributed by atoms with E-state index in [-0.39, 0.29) is 12.4 Å². The maximum Gasteiger partial charge on any atom is 0.299 e. The van der Waals surface area contributed by atoms with E-state index < -0.39 is 0 Å². The van der Waals surface area contributed by atoms with Crippen LogP contribution in [0.25, 0.3) is 11.3 Å². The fourth-order valence-corrected chi connectivity index (χ4v) is 1.87. The van der Waals surface area contributed by atoms with Gasteiger partial charge in [-0.1, -0.05) is 42.5 Å². The van der Waals surface area contributed by atoms with Gasteiger partial charge in [-0.15, -0.1) is 12.4 Å². The molecule has 0 radical (unpaired) electrons. The van der Waals surface area contributed by atoms with Crippen molar-refractivity contribution in [1.82, 2.24) is 4.98 Å². The van der Waals surface area contributed by atoms with Crippen molar-refractivity contribution in [2.24, 2.45) is 0 Å². The first-order chi connectivity index (χ1) is 9.86. The van der Waals surface area contributed by atoms with Crippen LogP contribution in [0.4, 0.5) is 11.7 Å². The molecule has 5 heteroatoms. The van der Waals surface area contributed by atoms with Gasteiger partial charge in [-0.2, -0.15) is 5.26 Å². The maximum atomic E-state index is 9.04. The second kappa shape index (κ2) is 6.60. The first-order valence-corrected chi connectivity index (χ1v) is 6.14. The van der Waals surface area contributed by atoms with Crippen LogP contribution < -0.4 is 5.32 Å². The number of nitriles is 1. The number of para-hydroxylation sites is 1. The molecule has 1 heterocycles. The SMILES string of the molecule is Cl.N#Cc1ccccc1Nc1ncc(-c2ccccc2)o1. The van der Waals surface area contributed by atoms with Crippen LogP contribution in [0.15, 0.2) is 65.2 Å². The van der Waals surface area contributed by atoms with Crippen LogP contribution in [0.1, 0.15) is 5.56 Å². The lowest BCUT2D eigenvalue weighted by atomic mass is 10.2. The van der Waals surface area contributed by atoms with E-state index in [1.54, 1.807) is 12.3 Å². The summed E-state index contributed by atoms with van der Waals surface area (Å²) in [4.78, 5) is 4.18. The molecule has 0 unspecified atom stereocenters. The Bertz CT molecular complexity index is 762. The standard InChI is InChI=1S/C16H11N3O.ClH/c17-10-13-8-4-5-9-14(13)19-16-18-11-15(20-16)12-6-2-1-3-7-12;/h1-9,11H,(H,18,19);1H. The molecular formula is C16H12ClN3O. The predicted octanol–water partition coefficient (Wildman–Crippen LogP) is 4.38. The zero-order chi connectivity index (χ0) is 13.8. The van der Waals surface area contributed by atoms with E-state index in [1.807, 2.05) is 48.5 Å². The van der Waals surface area contributed by atoms with Crippen molar-refractivity contribution >= 4 is 24.1 Å². The maximum absolute atomic E-state index is 9.04. The van der Waals surface area contributed by atoms with Gasteiger partial charge in [0.1, 0.15) is 6.07 Å². The van der Waals surface area contributed by atoms with Crippen molar-refractivity contribution in [2.45, 2.75) is 0 Å². The number of benzene rings is 2. The predicted molar refractivity (Wildman–Crippen MR) is 83.6 cm³/mol. The number of nitrogens with one attached hydrogen (secondary N) is 1. The molecule has 0 saturated carbocycles. The topological polar surface area (TPSA) is 61.9 Å². The Balaban J connectivity index is 0.00000161. The molecule has 0 fully saturated rings. The third-order valence-corrected chi connectivity index (χ3v) is 2.85. The van der Waals surface area contributed by atoms with Crippen LogP contribution >= 0.6 is 12.4 Å². The van der Waals surface area contributed by atoms with Gasteiger partial charge in [0.25, 0.3) is 6.01 Å². The Labute approximate surface area is 128 Å². The molecule has 0 aliphatic heterocycles. The van der Waals surface area contributed by atoms with Gasteiger partial charge in [0.05, 0.1) is 17.4 Å². The van der Waals surface area contributed by atoms with E-state index in [9.17, 15) is 0 Å². The fraction of sp³-hybridized carbons (Fsp3) is 0. The van der Waals surface area contributed by atoms with E-state index in [0.717, 1.165) is 5.56 Å². The number of aromatic nitrogens is 1. The van der Waals surface area contributed by atoms with Gasteiger partial charge in [0, 0.05) is 5.56 Å². The van der Waals surface area contributed by atoms with Crippen molar-refractivity contribution in [3.8, 4) is 17.4 Å². The molecule has 2 aromatic carbocycles. The smallest absolute Gasteiger partial charge is 0.299 e. The Morgan fingerprint density at radius 2 is 1.71 bits per heavy atom. The fourth-order valence-electron chi connectivity index (χ4n) is 1.87. The van der Waals surface area contributed by atoms with Crippen LogP contribution in [0.3, 0.4) is 0 Å². The summed E-state index contributed by atoms with van der Waals surface area (Å²) in [6.45, 7) is 0. The molecule has 1 N–H and O–H groups in total. The summed E-state index contributed by atoms with van der Waals surface area (Å²) in [5, 5.41) is 12.1. The average Bonchev–Trinajstić information content (AvgIpc) is 2.97. The molecule has 0 bridgehead atoms. The Hall–Kier alpha value is -2.77. The second-order valence-corrected chi connectivity index (χ2v) is 4.18. The van der Waals surface area contributed by atoms with Gasteiger partial charge >= 0.3 is 0 Å². The summed E-state index contributed by atoms with van der Waals surface area (Å²) >= 11 is 0. The van der Waals surface area contributed by atoms with E-state index in [1.165, 1.54) is 0 Å². The number of nitrogens with zero attached hydrogens (tertiary/aromatic N) is 2. The Kier molecular flexibility index (Phi) is 4.60. The molecule has 21 heavy (non-hydrogen) atoms. The minimum Gasteiger partial charge on any atom is -0.423 e. The number of hydrogen-bond acceptors (Lipinski definition) is 4. The minimum absolute atomic E-state index is 0. The van der Waals surface area contributed by atoms with Crippen LogP contribution in [0.5, 0.6) is 0 Å². The van der Waals surface area contributed by atoms with Gasteiger partial charge in [-0.25, -0.2) is 4.98 Å². The van der Waals surface area contributed by atoms with E-state index in [4.69, 9.17) is 9.68 Å². The van der Waals surface area contributed by atoms with Gasteiger partial charge in [0.15, 0.2) is 5.76 Å². The molecule has 0 saturated heterocycles. The molecule has 0 aliphatic carbocycles. The lowest BCUT2D eigenvalue weighted by Crippen LogP contribution is -1.92. The highest BCUT2D eigenvalue weighted by molar-refractivity contribution is 5.85. The molecule has 4 nitrogen and oxygen atoms in total. The Morgan fingerprint density at radius 3 is 2.48 bits per heavy atom. The monoisotopic (exact) mass is 297 g/mol. The van der Waals surface area contributed by atoms with E-state index in [0.29, 0.717) is 23.0 Å². The van der Waals surface area contributed by atoms with Crippen LogP contribution in [-0.2, 0) is 0 Å². The summed E-state index contributed by atoms with van der Waals surface area (Å²) in [5.74, 6) is 0.683. The van der Waals surface area contributed by atoms with Crippen LogP contribution in [0.2, 0.25) is 0 Å². The van der Waals surface area contributed by atoms with Crippen molar-refractivity contribution in [3.63, 3.8) is 0 Å². The van der Waals surface area contributed by atoms with E-state index >= 15 is 0 Å². The summed E-state index contributed by atoms with van der Waals surface area (Å²) in [5.41, 5.74) is 2.19. The molecule has 0 spiro atoms. The summed E-state index contributed by atoms with van der Waals surface area (Å²) < 4.78 is 5.64. The van der Waals surface area contributed by atoms with Gasteiger partial charge in [-0.05, 0) is 12.1 Å². The van der Waals surface area contributed by atoms with Gasteiger partial charge in [-0.3, -0.25) is 0 Å². The van der Waals surface area contributed by atoms with Gasteiger partial charge in [0.2, 0.25) is 0 Å². The zero-order valence-corrected chi connectivity index (χ0v) is 11.8. The first-order valence-electron chi connectivity index (χ1n) is 6.14. The number of hydrogen-bond donors (Lipinski definition) is 1. The second-order valence-electron chi connectivity index (χ2n) is 4.18. The van der Waals surface area contributed by atoms with Crippen molar-refractivity contribution in [1.29, 1.82) is 5.26 Å².